The van der Waals surface area contributed by atoms with Gasteiger partial charge >= 0.3 is 12.0 Å². The summed E-state index contributed by atoms with van der Waals surface area (Å²) in [5, 5.41) is 11.9. The molecule has 98 valence electrons. The summed E-state index contributed by atoms with van der Waals surface area (Å²) in [5.41, 5.74) is 0. The van der Waals surface area contributed by atoms with Crippen LogP contribution in [0.2, 0.25) is 0 Å². The van der Waals surface area contributed by atoms with Gasteiger partial charge in [-0.15, -0.1) is 0 Å². The zero-order valence-electron chi connectivity index (χ0n) is 10.6. The molecule has 1 aliphatic rings. The second kappa shape index (κ2) is 6.47. The summed E-state index contributed by atoms with van der Waals surface area (Å²) in [7, 11) is 0. The van der Waals surface area contributed by atoms with Gasteiger partial charge in [-0.25, -0.2) is 9.59 Å². The van der Waals surface area contributed by atoms with Crippen molar-refractivity contribution in [3.63, 3.8) is 0 Å². The molecule has 1 heterocycles. The van der Waals surface area contributed by atoms with Crippen molar-refractivity contribution >= 4 is 12.0 Å². The van der Waals surface area contributed by atoms with Gasteiger partial charge in [0.05, 0.1) is 0 Å². The van der Waals surface area contributed by atoms with E-state index in [4.69, 9.17) is 5.11 Å². The molecule has 1 fully saturated rings. The second-order valence-electron chi connectivity index (χ2n) is 4.53. The van der Waals surface area contributed by atoms with Gasteiger partial charge in [0.25, 0.3) is 0 Å². The molecule has 0 saturated carbocycles. The zero-order chi connectivity index (χ0) is 12.8. The fraction of sp³-hybridized carbons (Fsp3) is 0.833. The van der Waals surface area contributed by atoms with E-state index < -0.39 is 12.0 Å². The highest BCUT2D eigenvalue weighted by molar-refractivity contribution is 5.83. The number of urea groups is 1. The van der Waals surface area contributed by atoms with Gasteiger partial charge in [0.15, 0.2) is 0 Å². The van der Waals surface area contributed by atoms with Gasteiger partial charge < -0.3 is 15.3 Å². The maximum atomic E-state index is 12.0. The number of carbonyl (C=O) groups excluding carboxylic acids is 1. The first-order valence-electron chi connectivity index (χ1n) is 6.40. The number of aliphatic carboxylic acids is 1. The summed E-state index contributed by atoms with van der Waals surface area (Å²) in [5.74, 6) is -0.902. The fourth-order valence-corrected chi connectivity index (χ4v) is 2.25. The van der Waals surface area contributed by atoms with Crippen LogP contribution in [0.3, 0.4) is 0 Å². The van der Waals surface area contributed by atoms with Gasteiger partial charge in [-0.05, 0) is 25.7 Å². The Kier molecular flexibility index (Phi) is 5.25. The normalized spacial score (nSPS) is 21.3. The molecule has 2 amide bonds. The van der Waals surface area contributed by atoms with Gasteiger partial charge in [0.1, 0.15) is 6.04 Å². The minimum absolute atomic E-state index is 0.155. The molecule has 0 aromatic rings. The lowest BCUT2D eigenvalue weighted by atomic mass is 10.1. The summed E-state index contributed by atoms with van der Waals surface area (Å²) in [4.78, 5) is 24.4. The summed E-state index contributed by atoms with van der Waals surface area (Å²) < 4.78 is 0. The van der Waals surface area contributed by atoms with Gasteiger partial charge in [0.2, 0.25) is 0 Å². The number of carbonyl (C=O) groups is 2. The molecule has 0 aliphatic carbocycles. The maximum absolute atomic E-state index is 12.0. The van der Waals surface area contributed by atoms with Gasteiger partial charge in [-0.1, -0.05) is 20.3 Å². The third-order valence-electron chi connectivity index (χ3n) is 3.26. The van der Waals surface area contributed by atoms with Crippen molar-refractivity contribution in [2.24, 2.45) is 0 Å². The van der Waals surface area contributed by atoms with Crippen LogP contribution in [0.5, 0.6) is 0 Å². The first-order chi connectivity index (χ1) is 8.10. The molecule has 5 heteroatoms. The van der Waals surface area contributed by atoms with Crippen LogP contribution >= 0.6 is 0 Å². The molecule has 0 radical (unpaired) electrons. The van der Waals surface area contributed by atoms with Gasteiger partial charge in [0, 0.05) is 12.6 Å². The van der Waals surface area contributed by atoms with Crippen molar-refractivity contribution in [2.75, 3.05) is 6.54 Å². The Morgan fingerprint density at radius 1 is 1.47 bits per heavy atom. The molecule has 5 nitrogen and oxygen atoms in total. The molecule has 2 atom stereocenters. The van der Waals surface area contributed by atoms with Crippen molar-refractivity contribution in [3.8, 4) is 0 Å². The molecule has 1 aliphatic heterocycles. The van der Waals surface area contributed by atoms with E-state index in [1.165, 1.54) is 4.90 Å². The number of hydrogen-bond donors (Lipinski definition) is 2. The van der Waals surface area contributed by atoms with Gasteiger partial charge in [-0.3, -0.25) is 0 Å². The van der Waals surface area contributed by atoms with E-state index in [2.05, 4.69) is 12.2 Å². The lowest BCUT2D eigenvalue weighted by Crippen LogP contribution is -2.48. The molecule has 2 unspecified atom stereocenters. The lowest BCUT2D eigenvalue weighted by molar-refractivity contribution is -0.141. The predicted octanol–water partition coefficient (Wildman–Crippen LogP) is 1.82. The van der Waals surface area contributed by atoms with Crippen molar-refractivity contribution < 1.29 is 14.7 Å². The number of amides is 2. The summed E-state index contributed by atoms with van der Waals surface area (Å²) in [6, 6.07) is -0.716. The smallest absolute Gasteiger partial charge is 0.326 e. The fourth-order valence-electron chi connectivity index (χ4n) is 2.25. The van der Waals surface area contributed by atoms with Crippen LogP contribution in [-0.2, 0) is 4.79 Å². The number of carboxylic acids is 1. The van der Waals surface area contributed by atoms with E-state index in [9.17, 15) is 9.59 Å². The Labute approximate surface area is 102 Å². The van der Waals surface area contributed by atoms with Crippen LogP contribution in [0, 0.1) is 0 Å². The largest absolute Gasteiger partial charge is 0.480 e. The molecule has 0 aromatic carbocycles. The van der Waals surface area contributed by atoms with Crippen LogP contribution in [0.1, 0.15) is 46.0 Å². The Morgan fingerprint density at radius 3 is 2.71 bits per heavy atom. The van der Waals surface area contributed by atoms with Crippen LogP contribution in [0.15, 0.2) is 0 Å². The van der Waals surface area contributed by atoms with E-state index >= 15 is 0 Å². The number of likely N-dealkylation sites (tertiary alicyclic amines) is 1. The third kappa shape index (κ3) is 3.61. The molecule has 1 rings (SSSR count). The van der Waals surface area contributed by atoms with E-state index in [0.717, 1.165) is 25.7 Å². The van der Waals surface area contributed by atoms with E-state index in [-0.39, 0.29) is 12.1 Å². The molecule has 1 saturated heterocycles. The minimum atomic E-state index is -0.902. The average molecular weight is 242 g/mol. The average Bonchev–Trinajstić information content (AvgIpc) is 2.77. The maximum Gasteiger partial charge on any atom is 0.326 e. The first-order valence-corrected chi connectivity index (χ1v) is 6.40. The summed E-state index contributed by atoms with van der Waals surface area (Å²) >= 11 is 0. The molecule has 0 aromatic heterocycles. The molecular formula is C12H22N2O3. The predicted molar refractivity (Wildman–Crippen MR) is 64.9 cm³/mol. The van der Waals surface area contributed by atoms with Gasteiger partial charge in [-0.2, -0.15) is 0 Å². The van der Waals surface area contributed by atoms with E-state index in [1.54, 1.807) is 0 Å². The van der Waals surface area contributed by atoms with Crippen LogP contribution in [0.25, 0.3) is 0 Å². The Hall–Kier alpha value is -1.26. The Bertz CT molecular complexity index is 281. The highest BCUT2D eigenvalue weighted by Gasteiger charge is 2.34. The highest BCUT2D eigenvalue weighted by atomic mass is 16.4. The SMILES string of the molecule is CCCC(CC)NC(=O)N1CCCC1C(=O)O. The number of carboxylic acid groups (broad SMARTS) is 1. The Balaban J connectivity index is 2.54. The second-order valence-corrected chi connectivity index (χ2v) is 4.53. The molecule has 0 spiro atoms. The van der Waals surface area contributed by atoms with E-state index in [1.807, 2.05) is 6.92 Å². The van der Waals surface area contributed by atoms with Crippen LogP contribution < -0.4 is 5.32 Å². The Morgan fingerprint density at radius 2 is 2.18 bits per heavy atom. The number of nitrogens with one attached hydrogen (secondary N) is 1. The van der Waals surface area contributed by atoms with Crippen LogP contribution in [0.4, 0.5) is 4.79 Å². The molecule has 0 bridgehead atoms. The monoisotopic (exact) mass is 242 g/mol. The highest BCUT2D eigenvalue weighted by Crippen LogP contribution is 2.17. The summed E-state index contributed by atoms with van der Waals surface area (Å²) in [6.45, 7) is 4.65. The van der Waals surface area contributed by atoms with Crippen molar-refractivity contribution in [3.05, 3.63) is 0 Å². The topological polar surface area (TPSA) is 69.6 Å². The van der Waals surface area contributed by atoms with Crippen LogP contribution in [-0.4, -0.2) is 40.6 Å². The lowest BCUT2D eigenvalue weighted by Gasteiger charge is -2.25. The van der Waals surface area contributed by atoms with Crippen molar-refractivity contribution in [1.29, 1.82) is 0 Å². The number of hydrogen-bond acceptors (Lipinski definition) is 2. The molecule has 17 heavy (non-hydrogen) atoms. The minimum Gasteiger partial charge on any atom is -0.480 e. The molecule has 2 N–H and O–H groups in total. The number of nitrogens with zero attached hydrogens (tertiary/aromatic N) is 1. The number of rotatable bonds is 5. The first kappa shape index (κ1) is 13.8. The van der Waals surface area contributed by atoms with Crippen molar-refractivity contribution in [1.82, 2.24) is 10.2 Å². The molecular weight excluding hydrogens is 220 g/mol. The van der Waals surface area contributed by atoms with E-state index in [0.29, 0.717) is 13.0 Å². The zero-order valence-corrected chi connectivity index (χ0v) is 10.6. The third-order valence-corrected chi connectivity index (χ3v) is 3.26. The summed E-state index contributed by atoms with van der Waals surface area (Å²) in [6.07, 6.45) is 4.17. The standard InChI is InChI=1S/C12H22N2O3/c1-3-6-9(4-2)13-12(17)14-8-5-7-10(14)11(15)16/h9-10H,3-8H2,1-2H3,(H,13,17)(H,15,16). The quantitative estimate of drug-likeness (QED) is 0.772. The van der Waals surface area contributed by atoms with Crippen molar-refractivity contribution in [2.45, 2.75) is 58.0 Å².